The molecule has 2 aromatic carbocycles. The van der Waals surface area contributed by atoms with Gasteiger partial charge in [-0.2, -0.15) is 0 Å². The molecule has 2 aromatic rings. The van der Waals surface area contributed by atoms with Crippen LogP contribution in [0, 0.1) is 6.92 Å². The van der Waals surface area contributed by atoms with Crippen LogP contribution in [-0.2, 0) is 6.42 Å². The number of aryl methyl sites for hydroxylation is 1. The summed E-state index contributed by atoms with van der Waals surface area (Å²) in [6.45, 7) is 2.53. The van der Waals surface area contributed by atoms with E-state index in [1.54, 1.807) is 4.90 Å². The Bertz CT molecular complexity index is 684. The Morgan fingerprint density at radius 3 is 2.86 bits per heavy atom. The molecule has 0 saturated carbocycles. The molecule has 0 aromatic heterocycles. The second kappa shape index (κ2) is 6.20. The molecule has 22 heavy (non-hydrogen) atoms. The average molecular weight is 296 g/mol. The standard InChI is InChI=1S/C18H20N2O2/c1-13-5-4-7-15(11-13)19-18(22)20-10-9-14-6-2-3-8-16(14)17(20)12-21/h2-8,11,17,21H,9-10,12H2,1H3,(H,19,22). The molecule has 1 aliphatic rings. The molecule has 2 N–H and O–H groups in total. The van der Waals surface area contributed by atoms with Gasteiger partial charge in [-0.25, -0.2) is 4.79 Å². The van der Waals surface area contributed by atoms with Crippen molar-refractivity contribution in [3.8, 4) is 0 Å². The van der Waals surface area contributed by atoms with Crippen molar-refractivity contribution < 1.29 is 9.90 Å². The summed E-state index contributed by atoms with van der Waals surface area (Å²) in [6.07, 6.45) is 0.813. The summed E-state index contributed by atoms with van der Waals surface area (Å²) < 4.78 is 0. The van der Waals surface area contributed by atoms with E-state index in [0.717, 1.165) is 23.2 Å². The number of urea groups is 1. The summed E-state index contributed by atoms with van der Waals surface area (Å²) in [6, 6.07) is 15.3. The molecular formula is C18H20N2O2. The number of carbonyl (C=O) groups excluding carboxylic acids is 1. The number of amides is 2. The number of hydrogen-bond acceptors (Lipinski definition) is 2. The first-order valence-electron chi connectivity index (χ1n) is 7.52. The van der Waals surface area contributed by atoms with E-state index in [9.17, 15) is 9.90 Å². The fourth-order valence-electron chi connectivity index (χ4n) is 3.01. The van der Waals surface area contributed by atoms with Crippen LogP contribution in [0.15, 0.2) is 48.5 Å². The van der Waals surface area contributed by atoms with Gasteiger partial charge in [-0.15, -0.1) is 0 Å². The van der Waals surface area contributed by atoms with Crippen LogP contribution in [0.3, 0.4) is 0 Å². The predicted octanol–water partition coefficient (Wildman–Crippen LogP) is 3.12. The van der Waals surface area contributed by atoms with Crippen molar-refractivity contribution in [1.82, 2.24) is 4.90 Å². The van der Waals surface area contributed by atoms with E-state index in [4.69, 9.17) is 0 Å². The Balaban J connectivity index is 1.81. The number of anilines is 1. The number of aliphatic hydroxyl groups excluding tert-OH is 1. The lowest BCUT2D eigenvalue weighted by molar-refractivity contribution is 0.135. The molecule has 1 unspecified atom stereocenters. The smallest absolute Gasteiger partial charge is 0.322 e. The lowest BCUT2D eigenvalue weighted by Crippen LogP contribution is -2.43. The highest BCUT2D eigenvalue weighted by atomic mass is 16.3. The highest BCUT2D eigenvalue weighted by Gasteiger charge is 2.30. The minimum atomic E-state index is -0.283. The highest BCUT2D eigenvalue weighted by Crippen LogP contribution is 2.29. The third-order valence-electron chi connectivity index (χ3n) is 4.12. The van der Waals surface area contributed by atoms with E-state index in [-0.39, 0.29) is 18.7 Å². The average Bonchev–Trinajstić information content (AvgIpc) is 2.53. The van der Waals surface area contributed by atoms with Crippen molar-refractivity contribution in [1.29, 1.82) is 0 Å². The molecule has 4 nitrogen and oxygen atoms in total. The lowest BCUT2D eigenvalue weighted by atomic mass is 9.93. The van der Waals surface area contributed by atoms with Gasteiger partial charge in [0.25, 0.3) is 0 Å². The molecule has 0 saturated heterocycles. The van der Waals surface area contributed by atoms with E-state index in [1.807, 2.05) is 49.4 Å². The number of nitrogens with one attached hydrogen (secondary N) is 1. The first-order valence-corrected chi connectivity index (χ1v) is 7.52. The van der Waals surface area contributed by atoms with Crippen LogP contribution in [0.1, 0.15) is 22.7 Å². The second-order valence-electron chi connectivity index (χ2n) is 5.64. The van der Waals surface area contributed by atoms with Crippen LogP contribution in [-0.4, -0.2) is 29.2 Å². The Morgan fingerprint density at radius 2 is 2.09 bits per heavy atom. The SMILES string of the molecule is Cc1cccc(NC(=O)N2CCc3ccccc3C2CO)c1. The zero-order chi connectivity index (χ0) is 15.5. The summed E-state index contributed by atoms with van der Waals surface area (Å²) in [7, 11) is 0. The van der Waals surface area contributed by atoms with Crippen molar-refractivity contribution in [2.75, 3.05) is 18.5 Å². The number of benzene rings is 2. The molecule has 3 rings (SSSR count). The number of aliphatic hydroxyl groups is 1. The first-order chi connectivity index (χ1) is 10.7. The molecule has 0 spiro atoms. The topological polar surface area (TPSA) is 52.6 Å². The summed E-state index contributed by atoms with van der Waals surface area (Å²) in [5.41, 5.74) is 4.12. The van der Waals surface area contributed by atoms with Gasteiger partial charge in [0.15, 0.2) is 0 Å². The van der Waals surface area contributed by atoms with Gasteiger partial charge in [-0.1, -0.05) is 36.4 Å². The van der Waals surface area contributed by atoms with Crippen molar-refractivity contribution in [2.45, 2.75) is 19.4 Å². The molecule has 2 amide bonds. The van der Waals surface area contributed by atoms with Crippen LogP contribution in [0.5, 0.6) is 0 Å². The normalized spacial score (nSPS) is 17.0. The molecule has 0 aliphatic carbocycles. The van der Waals surface area contributed by atoms with Gasteiger partial charge in [0.2, 0.25) is 0 Å². The van der Waals surface area contributed by atoms with Gasteiger partial charge in [0, 0.05) is 12.2 Å². The number of carbonyl (C=O) groups is 1. The summed E-state index contributed by atoms with van der Waals surface area (Å²) >= 11 is 0. The Kier molecular flexibility index (Phi) is 4.11. The molecule has 4 heteroatoms. The van der Waals surface area contributed by atoms with Crippen molar-refractivity contribution >= 4 is 11.7 Å². The van der Waals surface area contributed by atoms with E-state index >= 15 is 0 Å². The highest BCUT2D eigenvalue weighted by molar-refractivity contribution is 5.90. The van der Waals surface area contributed by atoms with Crippen LogP contribution in [0.2, 0.25) is 0 Å². The summed E-state index contributed by atoms with van der Waals surface area (Å²) in [4.78, 5) is 14.3. The van der Waals surface area contributed by atoms with E-state index < -0.39 is 0 Å². The van der Waals surface area contributed by atoms with Crippen LogP contribution in [0.4, 0.5) is 10.5 Å². The van der Waals surface area contributed by atoms with Crippen LogP contribution in [0.25, 0.3) is 0 Å². The molecule has 1 aliphatic heterocycles. The summed E-state index contributed by atoms with van der Waals surface area (Å²) in [5.74, 6) is 0. The van der Waals surface area contributed by atoms with Gasteiger partial charge in [-0.05, 0) is 42.2 Å². The zero-order valence-corrected chi connectivity index (χ0v) is 12.6. The number of fused-ring (bicyclic) bond motifs is 1. The molecular weight excluding hydrogens is 276 g/mol. The molecule has 0 fully saturated rings. The largest absolute Gasteiger partial charge is 0.394 e. The van der Waals surface area contributed by atoms with E-state index in [0.29, 0.717) is 6.54 Å². The van der Waals surface area contributed by atoms with Crippen molar-refractivity contribution in [3.05, 3.63) is 65.2 Å². The van der Waals surface area contributed by atoms with Crippen molar-refractivity contribution in [2.24, 2.45) is 0 Å². The van der Waals surface area contributed by atoms with Gasteiger partial charge < -0.3 is 15.3 Å². The third kappa shape index (κ3) is 2.83. The summed E-state index contributed by atoms with van der Waals surface area (Å²) in [5, 5.41) is 12.7. The monoisotopic (exact) mass is 296 g/mol. The molecule has 1 heterocycles. The Labute approximate surface area is 130 Å². The third-order valence-corrected chi connectivity index (χ3v) is 4.12. The molecule has 114 valence electrons. The maximum atomic E-state index is 12.6. The van der Waals surface area contributed by atoms with Gasteiger partial charge in [0.1, 0.15) is 0 Å². The molecule has 0 radical (unpaired) electrons. The maximum absolute atomic E-state index is 12.6. The van der Waals surface area contributed by atoms with E-state index in [1.165, 1.54) is 5.56 Å². The number of rotatable bonds is 2. The van der Waals surface area contributed by atoms with Crippen LogP contribution < -0.4 is 5.32 Å². The lowest BCUT2D eigenvalue weighted by Gasteiger charge is -2.36. The number of hydrogen-bond donors (Lipinski definition) is 2. The van der Waals surface area contributed by atoms with Crippen molar-refractivity contribution in [3.63, 3.8) is 0 Å². The Hall–Kier alpha value is -2.33. The first kappa shape index (κ1) is 14.6. The fraction of sp³-hybridized carbons (Fsp3) is 0.278. The molecule has 1 atom stereocenters. The minimum absolute atomic E-state index is 0.0712. The fourth-order valence-corrected chi connectivity index (χ4v) is 3.01. The molecule has 0 bridgehead atoms. The second-order valence-corrected chi connectivity index (χ2v) is 5.64. The van der Waals surface area contributed by atoms with Gasteiger partial charge in [-0.3, -0.25) is 0 Å². The zero-order valence-electron chi connectivity index (χ0n) is 12.6. The van der Waals surface area contributed by atoms with Gasteiger partial charge >= 0.3 is 6.03 Å². The van der Waals surface area contributed by atoms with Gasteiger partial charge in [0.05, 0.1) is 12.6 Å². The minimum Gasteiger partial charge on any atom is -0.394 e. The Morgan fingerprint density at radius 1 is 1.27 bits per heavy atom. The van der Waals surface area contributed by atoms with E-state index in [2.05, 4.69) is 11.4 Å². The maximum Gasteiger partial charge on any atom is 0.322 e. The van der Waals surface area contributed by atoms with Crippen LogP contribution >= 0.6 is 0 Å². The quantitative estimate of drug-likeness (QED) is 0.894. The predicted molar refractivity (Wildman–Crippen MR) is 86.9 cm³/mol. The number of nitrogens with zero attached hydrogens (tertiary/aromatic N) is 1.